The molecule has 0 bridgehead atoms. The minimum atomic E-state index is 0.850. The van der Waals surface area contributed by atoms with E-state index in [1.807, 2.05) is 17.1 Å². The molecule has 0 unspecified atom stereocenters. The molecule has 1 N–H and O–H groups in total. The summed E-state index contributed by atoms with van der Waals surface area (Å²) < 4.78 is 2.04. The Kier molecular flexibility index (Phi) is 6.94. The van der Waals surface area contributed by atoms with E-state index in [1.165, 1.54) is 54.6 Å². The van der Waals surface area contributed by atoms with E-state index in [0.29, 0.717) is 0 Å². The maximum Gasteiger partial charge on any atom is 0.130 e. The van der Waals surface area contributed by atoms with Gasteiger partial charge in [-0.2, -0.15) is 5.10 Å². The summed E-state index contributed by atoms with van der Waals surface area (Å²) in [6.45, 7) is 12.8. The molecule has 2 aliphatic rings. The van der Waals surface area contributed by atoms with Crippen LogP contribution in [0, 0.1) is 0 Å². The summed E-state index contributed by atoms with van der Waals surface area (Å²) in [6.07, 6.45) is 7.91. The van der Waals surface area contributed by atoms with E-state index in [1.54, 1.807) is 0 Å². The van der Waals surface area contributed by atoms with Gasteiger partial charge in [0.1, 0.15) is 5.82 Å². The van der Waals surface area contributed by atoms with Crippen LogP contribution in [0.4, 0.5) is 5.82 Å². The van der Waals surface area contributed by atoms with Crippen molar-refractivity contribution in [3.8, 4) is 11.1 Å². The standard InChI is InChI=1S/C27H37N7/c1-21(19-34-13-11-31(2)12-14-34)30-27-16-24-15-22(7-8-23(24)17-28-27)25-18-29-32(3)26(25)20-33-9-5-4-6-10-33/h7-8,15-18H,1,4-6,9-14,19-20H2,2-3H3,(H,28,30). The number of fused-ring (bicyclic) bond motifs is 1. The molecular weight excluding hydrogens is 422 g/mol. The summed E-state index contributed by atoms with van der Waals surface area (Å²) in [5.41, 5.74) is 4.71. The van der Waals surface area contributed by atoms with Crippen molar-refractivity contribution in [1.82, 2.24) is 29.5 Å². The molecule has 180 valence electrons. The number of likely N-dealkylation sites (N-methyl/N-ethyl adjacent to an activating group) is 1. The van der Waals surface area contributed by atoms with Gasteiger partial charge in [-0.25, -0.2) is 4.98 Å². The predicted octanol–water partition coefficient (Wildman–Crippen LogP) is 3.79. The highest BCUT2D eigenvalue weighted by Crippen LogP contribution is 2.29. The molecule has 5 rings (SSSR count). The Bertz CT molecular complexity index is 1140. The van der Waals surface area contributed by atoms with Crippen molar-refractivity contribution in [2.75, 3.05) is 58.2 Å². The van der Waals surface area contributed by atoms with Crippen molar-refractivity contribution >= 4 is 16.6 Å². The van der Waals surface area contributed by atoms with Gasteiger partial charge in [-0.1, -0.05) is 25.1 Å². The van der Waals surface area contributed by atoms with Crippen LogP contribution >= 0.6 is 0 Å². The molecule has 0 amide bonds. The van der Waals surface area contributed by atoms with Gasteiger partial charge in [0.15, 0.2) is 0 Å². The molecule has 3 aromatic rings. The second kappa shape index (κ2) is 10.3. The molecule has 0 saturated carbocycles. The summed E-state index contributed by atoms with van der Waals surface area (Å²) in [5, 5.41) is 10.4. The van der Waals surface area contributed by atoms with Crippen LogP contribution in [0.25, 0.3) is 21.9 Å². The molecular formula is C27H37N7. The smallest absolute Gasteiger partial charge is 0.130 e. The molecule has 7 nitrogen and oxygen atoms in total. The number of benzene rings is 1. The van der Waals surface area contributed by atoms with Crippen LogP contribution in [-0.4, -0.2) is 82.3 Å². The number of hydrogen-bond acceptors (Lipinski definition) is 6. The molecule has 34 heavy (non-hydrogen) atoms. The van der Waals surface area contributed by atoms with Crippen LogP contribution in [0.15, 0.2) is 48.9 Å². The van der Waals surface area contributed by atoms with Gasteiger partial charge in [0.05, 0.1) is 11.9 Å². The third-order valence-electron chi connectivity index (χ3n) is 7.23. The van der Waals surface area contributed by atoms with E-state index in [9.17, 15) is 0 Å². The zero-order valence-corrected chi connectivity index (χ0v) is 20.6. The summed E-state index contributed by atoms with van der Waals surface area (Å²) in [7, 11) is 4.24. The summed E-state index contributed by atoms with van der Waals surface area (Å²) in [6, 6.07) is 8.76. The molecule has 7 heteroatoms. The first-order chi connectivity index (χ1) is 16.5. The van der Waals surface area contributed by atoms with Crippen LogP contribution in [0.5, 0.6) is 0 Å². The van der Waals surface area contributed by atoms with Crippen LogP contribution < -0.4 is 5.32 Å². The van der Waals surface area contributed by atoms with Crippen LogP contribution in [0.2, 0.25) is 0 Å². The number of nitrogens with one attached hydrogen (secondary N) is 1. The predicted molar refractivity (Wildman–Crippen MR) is 140 cm³/mol. The highest BCUT2D eigenvalue weighted by molar-refractivity contribution is 5.88. The molecule has 2 fully saturated rings. The molecule has 2 saturated heterocycles. The number of pyridine rings is 1. The lowest BCUT2D eigenvalue weighted by Crippen LogP contribution is -2.45. The molecule has 4 heterocycles. The number of aryl methyl sites for hydroxylation is 1. The highest BCUT2D eigenvalue weighted by Gasteiger charge is 2.17. The fourth-order valence-corrected chi connectivity index (χ4v) is 5.09. The van der Waals surface area contributed by atoms with Crippen molar-refractivity contribution in [1.29, 1.82) is 0 Å². The van der Waals surface area contributed by atoms with Crippen LogP contribution in [0.3, 0.4) is 0 Å². The maximum absolute atomic E-state index is 4.63. The van der Waals surface area contributed by atoms with Crippen molar-refractivity contribution in [3.05, 3.63) is 54.6 Å². The molecule has 2 aliphatic heterocycles. The molecule has 0 aliphatic carbocycles. The number of hydrogen-bond donors (Lipinski definition) is 1. The minimum Gasteiger partial charge on any atom is -0.343 e. The lowest BCUT2D eigenvalue weighted by molar-refractivity contribution is 0.164. The molecule has 2 aromatic heterocycles. The van der Waals surface area contributed by atoms with Gasteiger partial charge in [0.25, 0.3) is 0 Å². The fraction of sp³-hybridized carbons (Fsp3) is 0.481. The largest absolute Gasteiger partial charge is 0.343 e. The van der Waals surface area contributed by atoms with E-state index < -0.39 is 0 Å². The number of piperidine rings is 1. The zero-order valence-electron chi connectivity index (χ0n) is 20.6. The van der Waals surface area contributed by atoms with Gasteiger partial charge in [-0.05, 0) is 56.1 Å². The summed E-state index contributed by atoms with van der Waals surface area (Å²) in [4.78, 5) is 12.0. The first-order valence-electron chi connectivity index (χ1n) is 12.5. The third-order valence-corrected chi connectivity index (χ3v) is 7.23. The number of piperazine rings is 1. The number of rotatable bonds is 7. The number of nitrogens with zero attached hydrogens (tertiary/aromatic N) is 6. The Balaban J connectivity index is 1.32. The Morgan fingerprint density at radius 3 is 2.50 bits per heavy atom. The Labute approximate surface area is 203 Å². The van der Waals surface area contributed by atoms with E-state index in [-0.39, 0.29) is 0 Å². The van der Waals surface area contributed by atoms with Gasteiger partial charge in [0.2, 0.25) is 0 Å². The second-order valence-corrected chi connectivity index (χ2v) is 9.90. The van der Waals surface area contributed by atoms with Gasteiger partial charge < -0.3 is 10.2 Å². The topological polar surface area (TPSA) is 52.5 Å². The van der Waals surface area contributed by atoms with Gasteiger partial charge in [-0.3, -0.25) is 14.5 Å². The van der Waals surface area contributed by atoms with Crippen molar-refractivity contribution in [3.63, 3.8) is 0 Å². The summed E-state index contributed by atoms with van der Waals surface area (Å²) in [5.74, 6) is 0.850. The minimum absolute atomic E-state index is 0.850. The van der Waals surface area contributed by atoms with Crippen LogP contribution in [-0.2, 0) is 13.6 Å². The Hall–Kier alpha value is -2.74. The summed E-state index contributed by atoms with van der Waals surface area (Å²) >= 11 is 0. The number of aromatic nitrogens is 3. The Morgan fingerprint density at radius 2 is 1.71 bits per heavy atom. The van der Waals surface area contributed by atoms with Gasteiger partial charge in [-0.15, -0.1) is 0 Å². The SMILES string of the molecule is C=C(CN1CCN(C)CC1)Nc1cc2cc(-c3cnn(C)c3CN3CCCCC3)ccc2cn1. The van der Waals surface area contributed by atoms with Gasteiger partial charge >= 0.3 is 0 Å². The van der Waals surface area contributed by atoms with E-state index in [0.717, 1.165) is 56.2 Å². The van der Waals surface area contributed by atoms with Crippen molar-refractivity contribution in [2.24, 2.45) is 7.05 Å². The average Bonchev–Trinajstić information content (AvgIpc) is 3.20. The molecule has 0 radical (unpaired) electrons. The fourth-order valence-electron chi connectivity index (χ4n) is 5.09. The van der Waals surface area contributed by atoms with E-state index in [4.69, 9.17) is 0 Å². The third kappa shape index (κ3) is 5.32. The maximum atomic E-state index is 4.63. The monoisotopic (exact) mass is 459 g/mol. The lowest BCUT2D eigenvalue weighted by Gasteiger charge is -2.32. The first-order valence-corrected chi connectivity index (χ1v) is 12.5. The van der Waals surface area contributed by atoms with E-state index in [2.05, 4.69) is 75.0 Å². The van der Waals surface area contributed by atoms with Crippen LogP contribution in [0.1, 0.15) is 25.0 Å². The van der Waals surface area contributed by atoms with Crippen molar-refractivity contribution in [2.45, 2.75) is 25.8 Å². The highest BCUT2D eigenvalue weighted by atomic mass is 15.3. The second-order valence-electron chi connectivity index (χ2n) is 9.90. The van der Waals surface area contributed by atoms with Crippen molar-refractivity contribution < 1.29 is 0 Å². The van der Waals surface area contributed by atoms with Gasteiger partial charge in [0, 0.05) is 69.2 Å². The molecule has 0 spiro atoms. The number of likely N-dealkylation sites (tertiary alicyclic amines) is 1. The molecule has 0 atom stereocenters. The number of anilines is 1. The first kappa shape index (κ1) is 23.0. The quantitative estimate of drug-likeness (QED) is 0.580. The Morgan fingerprint density at radius 1 is 0.912 bits per heavy atom. The lowest BCUT2D eigenvalue weighted by atomic mass is 10.0. The average molecular weight is 460 g/mol. The normalized spacial score (nSPS) is 18.4. The molecule has 1 aromatic carbocycles. The zero-order chi connectivity index (χ0) is 23.5. The van der Waals surface area contributed by atoms with E-state index >= 15 is 0 Å².